The number of hydrogen-bond acceptors (Lipinski definition) is 3. The van der Waals surface area contributed by atoms with Gasteiger partial charge in [-0.1, -0.05) is 41.0 Å². The van der Waals surface area contributed by atoms with Crippen LogP contribution in [0.15, 0.2) is 47.6 Å². The second kappa shape index (κ2) is 6.25. The molecule has 0 aliphatic carbocycles. The van der Waals surface area contributed by atoms with E-state index in [-0.39, 0.29) is 17.5 Å². The third kappa shape index (κ3) is 3.00. The highest BCUT2D eigenvalue weighted by Gasteiger charge is 2.10. The number of nitrogens with zero attached hydrogens (tertiary/aromatic N) is 1. The van der Waals surface area contributed by atoms with E-state index in [4.69, 9.17) is 27.3 Å². The van der Waals surface area contributed by atoms with Crippen LogP contribution in [0.1, 0.15) is 11.1 Å². The normalized spacial score (nSPS) is 11.4. The molecule has 6 heteroatoms. The molecule has 0 fully saturated rings. The van der Waals surface area contributed by atoms with Crippen LogP contribution in [0.2, 0.25) is 5.02 Å². The predicted octanol–water partition coefficient (Wildman–Crippen LogP) is 3.15. The summed E-state index contributed by atoms with van der Waals surface area (Å²) in [6.07, 6.45) is 0. The molecule has 3 N–H and O–H groups in total. The van der Waals surface area contributed by atoms with Gasteiger partial charge in [0.1, 0.15) is 18.2 Å². The molecule has 0 aliphatic heterocycles. The highest BCUT2D eigenvalue weighted by atomic mass is 35.5. The second-order valence-corrected chi connectivity index (χ2v) is 4.36. The second-order valence-electron chi connectivity index (χ2n) is 3.98. The minimum Gasteiger partial charge on any atom is -0.488 e. The van der Waals surface area contributed by atoms with Gasteiger partial charge < -0.3 is 15.7 Å². The Hall–Kier alpha value is -2.27. The molecule has 0 amide bonds. The van der Waals surface area contributed by atoms with Crippen LogP contribution < -0.4 is 10.5 Å². The summed E-state index contributed by atoms with van der Waals surface area (Å²) in [6.45, 7) is 0.0757. The van der Waals surface area contributed by atoms with Gasteiger partial charge in [0, 0.05) is 5.56 Å². The fourth-order valence-electron chi connectivity index (χ4n) is 1.67. The van der Waals surface area contributed by atoms with Crippen molar-refractivity contribution in [2.75, 3.05) is 0 Å². The molecule has 0 heterocycles. The van der Waals surface area contributed by atoms with Crippen LogP contribution in [0.3, 0.4) is 0 Å². The fraction of sp³-hybridized carbons (Fsp3) is 0.0714. The van der Waals surface area contributed by atoms with Crippen molar-refractivity contribution in [1.29, 1.82) is 0 Å². The Kier molecular flexibility index (Phi) is 4.42. The molecule has 2 aromatic carbocycles. The molecule has 0 saturated carbocycles. The van der Waals surface area contributed by atoms with Crippen LogP contribution >= 0.6 is 11.6 Å². The molecule has 0 aromatic heterocycles. The minimum atomic E-state index is -0.502. The Balaban J connectivity index is 2.21. The maximum absolute atomic E-state index is 13.3. The van der Waals surface area contributed by atoms with Gasteiger partial charge in [-0.15, -0.1) is 0 Å². The molecule has 0 aliphatic rings. The summed E-state index contributed by atoms with van der Waals surface area (Å²) in [5, 5.41) is 11.7. The number of para-hydroxylation sites is 1. The summed E-state index contributed by atoms with van der Waals surface area (Å²) in [5.74, 6) is -0.147. The van der Waals surface area contributed by atoms with E-state index in [0.717, 1.165) is 0 Å². The molecule has 0 saturated heterocycles. The number of benzene rings is 2. The van der Waals surface area contributed by atoms with Crippen LogP contribution in [-0.4, -0.2) is 11.0 Å². The van der Waals surface area contributed by atoms with E-state index in [0.29, 0.717) is 16.9 Å². The van der Waals surface area contributed by atoms with Crippen LogP contribution in [0, 0.1) is 5.82 Å². The first-order valence-electron chi connectivity index (χ1n) is 5.76. The number of ether oxygens (including phenoxy) is 1. The van der Waals surface area contributed by atoms with E-state index < -0.39 is 5.82 Å². The van der Waals surface area contributed by atoms with Crippen molar-refractivity contribution >= 4 is 17.4 Å². The predicted molar refractivity (Wildman–Crippen MR) is 74.7 cm³/mol. The quantitative estimate of drug-likeness (QED) is 0.394. The highest BCUT2D eigenvalue weighted by Crippen LogP contribution is 2.23. The maximum Gasteiger partial charge on any atom is 0.173 e. The number of amidine groups is 1. The van der Waals surface area contributed by atoms with Crippen molar-refractivity contribution < 1.29 is 14.3 Å². The smallest absolute Gasteiger partial charge is 0.173 e. The van der Waals surface area contributed by atoms with Crippen molar-refractivity contribution in [2.24, 2.45) is 10.9 Å². The van der Waals surface area contributed by atoms with Crippen molar-refractivity contribution in [3.63, 3.8) is 0 Å². The van der Waals surface area contributed by atoms with Gasteiger partial charge in [0.05, 0.1) is 10.6 Å². The Morgan fingerprint density at radius 1 is 1.25 bits per heavy atom. The Bertz CT molecular complexity index is 647. The fourth-order valence-corrected chi connectivity index (χ4v) is 1.85. The van der Waals surface area contributed by atoms with Gasteiger partial charge in [-0.2, -0.15) is 0 Å². The Morgan fingerprint density at radius 3 is 2.75 bits per heavy atom. The summed E-state index contributed by atoms with van der Waals surface area (Å²) in [5.41, 5.74) is 6.51. The maximum atomic E-state index is 13.3. The van der Waals surface area contributed by atoms with Gasteiger partial charge in [-0.3, -0.25) is 0 Å². The Morgan fingerprint density at radius 2 is 2.00 bits per heavy atom. The lowest BCUT2D eigenvalue weighted by molar-refractivity contribution is 0.302. The number of oxime groups is 1. The molecule has 0 spiro atoms. The van der Waals surface area contributed by atoms with E-state index >= 15 is 0 Å². The summed E-state index contributed by atoms with van der Waals surface area (Å²) < 4.78 is 18.9. The summed E-state index contributed by atoms with van der Waals surface area (Å²) in [7, 11) is 0. The van der Waals surface area contributed by atoms with E-state index in [1.54, 1.807) is 36.4 Å². The van der Waals surface area contributed by atoms with Crippen LogP contribution in [-0.2, 0) is 6.61 Å². The summed E-state index contributed by atoms with van der Waals surface area (Å²) in [6, 6.07) is 11.3. The zero-order valence-corrected chi connectivity index (χ0v) is 11.1. The van der Waals surface area contributed by atoms with Gasteiger partial charge in [0.2, 0.25) is 0 Å². The molecule has 2 rings (SSSR count). The standard InChI is InChI=1S/C14H12ClFN2O2/c15-13-9(4-3-6-11(13)16)8-20-12-7-2-1-5-10(12)14(17)18-19/h1-7,19H,8H2,(H2,17,18). The zero-order chi connectivity index (χ0) is 14.5. The van der Waals surface area contributed by atoms with Gasteiger partial charge in [0.15, 0.2) is 5.84 Å². The minimum absolute atomic E-state index is 0.0220. The monoisotopic (exact) mass is 294 g/mol. The van der Waals surface area contributed by atoms with Crippen molar-refractivity contribution in [1.82, 2.24) is 0 Å². The third-order valence-electron chi connectivity index (χ3n) is 2.69. The molecular weight excluding hydrogens is 283 g/mol. The molecule has 0 unspecified atom stereocenters. The van der Waals surface area contributed by atoms with E-state index in [2.05, 4.69) is 5.16 Å². The molecule has 0 radical (unpaired) electrons. The van der Waals surface area contributed by atoms with Crippen molar-refractivity contribution in [3.05, 3.63) is 64.4 Å². The molecule has 2 aromatic rings. The number of nitrogens with two attached hydrogens (primary N) is 1. The van der Waals surface area contributed by atoms with Crippen LogP contribution in [0.4, 0.5) is 4.39 Å². The summed E-state index contributed by atoms with van der Waals surface area (Å²) >= 11 is 5.85. The largest absolute Gasteiger partial charge is 0.488 e. The molecule has 0 atom stereocenters. The van der Waals surface area contributed by atoms with Gasteiger partial charge in [0.25, 0.3) is 0 Å². The number of halogens is 2. The molecule has 104 valence electrons. The van der Waals surface area contributed by atoms with Gasteiger partial charge in [-0.05, 0) is 18.2 Å². The third-order valence-corrected chi connectivity index (χ3v) is 3.11. The average molecular weight is 295 g/mol. The molecule has 0 bridgehead atoms. The van der Waals surface area contributed by atoms with Gasteiger partial charge in [-0.25, -0.2) is 4.39 Å². The van der Waals surface area contributed by atoms with E-state index in [9.17, 15) is 4.39 Å². The summed E-state index contributed by atoms with van der Waals surface area (Å²) in [4.78, 5) is 0. The average Bonchev–Trinajstić information content (AvgIpc) is 2.48. The van der Waals surface area contributed by atoms with E-state index in [1.165, 1.54) is 6.07 Å². The molecule has 20 heavy (non-hydrogen) atoms. The van der Waals surface area contributed by atoms with Crippen LogP contribution in [0.25, 0.3) is 0 Å². The number of rotatable bonds is 4. The van der Waals surface area contributed by atoms with E-state index in [1.807, 2.05) is 0 Å². The van der Waals surface area contributed by atoms with Crippen molar-refractivity contribution in [3.8, 4) is 5.75 Å². The topological polar surface area (TPSA) is 67.8 Å². The SMILES string of the molecule is N/C(=N/O)c1ccccc1OCc1cccc(F)c1Cl. The lowest BCUT2D eigenvalue weighted by atomic mass is 10.2. The first kappa shape index (κ1) is 14.1. The lowest BCUT2D eigenvalue weighted by Crippen LogP contribution is -2.14. The first-order valence-corrected chi connectivity index (χ1v) is 6.14. The highest BCUT2D eigenvalue weighted by molar-refractivity contribution is 6.31. The first-order chi connectivity index (χ1) is 9.63. The lowest BCUT2D eigenvalue weighted by Gasteiger charge is -2.11. The zero-order valence-electron chi connectivity index (χ0n) is 10.4. The van der Waals surface area contributed by atoms with Crippen LogP contribution in [0.5, 0.6) is 5.75 Å². The molecule has 4 nitrogen and oxygen atoms in total. The number of hydrogen-bond donors (Lipinski definition) is 2. The van der Waals surface area contributed by atoms with Crippen molar-refractivity contribution in [2.45, 2.75) is 6.61 Å². The Labute approximate surface area is 120 Å². The van der Waals surface area contributed by atoms with Gasteiger partial charge >= 0.3 is 0 Å². The molecular formula is C14H12ClFN2O2.